The van der Waals surface area contributed by atoms with Gasteiger partial charge in [0.15, 0.2) is 0 Å². The molecule has 2 atom stereocenters. The van der Waals surface area contributed by atoms with Crippen LogP contribution in [-0.4, -0.2) is 33.7 Å². The van der Waals surface area contributed by atoms with Gasteiger partial charge in [0.25, 0.3) is 0 Å². The lowest BCUT2D eigenvalue weighted by Crippen LogP contribution is -2.26. The van der Waals surface area contributed by atoms with Crippen molar-refractivity contribution in [3.05, 3.63) is 17.5 Å². The summed E-state index contributed by atoms with van der Waals surface area (Å²) in [5.41, 5.74) is 2.20. The molecule has 0 saturated carbocycles. The number of nitrogens with zero attached hydrogens (tertiary/aromatic N) is 2. The fourth-order valence-electron chi connectivity index (χ4n) is 2.56. The molecule has 2 unspecified atom stereocenters. The van der Waals surface area contributed by atoms with Crippen molar-refractivity contribution in [3.8, 4) is 0 Å². The Kier molecular flexibility index (Phi) is 4.78. The number of rotatable bonds is 5. The van der Waals surface area contributed by atoms with Crippen molar-refractivity contribution in [3.63, 3.8) is 0 Å². The Hall–Kier alpha value is -0.870. The number of aliphatic hydroxyl groups is 1. The van der Waals surface area contributed by atoms with Crippen molar-refractivity contribution in [2.45, 2.75) is 57.7 Å². The molecule has 0 amide bonds. The average molecular weight is 252 g/mol. The number of ether oxygens (including phenoxy) is 1. The van der Waals surface area contributed by atoms with Crippen molar-refractivity contribution >= 4 is 0 Å². The highest BCUT2D eigenvalue weighted by Crippen LogP contribution is 2.19. The van der Waals surface area contributed by atoms with Crippen LogP contribution in [0.15, 0.2) is 6.07 Å². The van der Waals surface area contributed by atoms with Gasteiger partial charge in [-0.15, -0.1) is 0 Å². The predicted octanol–water partition coefficient (Wildman–Crippen LogP) is 1.85. The van der Waals surface area contributed by atoms with Crippen LogP contribution in [-0.2, 0) is 24.6 Å². The first-order valence-electron chi connectivity index (χ1n) is 7.00. The molecule has 1 fully saturated rings. The molecule has 2 rings (SSSR count). The van der Waals surface area contributed by atoms with Gasteiger partial charge in [-0.3, -0.25) is 4.68 Å². The maximum Gasteiger partial charge on any atom is 0.0624 e. The fraction of sp³-hybridized carbons (Fsp3) is 0.786. The van der Waals surface area contributed by atoms with Gasteiger partial charge in [0.2, 0.25) is 0 Å². The molecule has 4 nitrogen and oxygen atoms in total. The standard InChI is InChI=1S/C14H24N2O2/c1-3-11-8-12(16(2)15-11)9-13(17)10-14-6-4-5-7-18-14/h8,13-14,17H,3-7,9-10H2,1-2H3. The molecule has 0 radical (unpaired) electrons. The van der Waals surface area contributed by atoms with Gasteiger partial charge >= 0.3 is 0 Å². The van der Waals surface area contributed by atoms with Crippen LogP contribution >= 0.6 is 0 Å². The van der Waals surface area contributed by atoms with E-state index in [9.17, 15) is 5.11 Å². The summed E-state index contributed by atoms with van der Waals surface area (Å²) < 4.78 is 7.54. The van der Waals surface area contributed by atoms with E-state index in [4.69, 9.17) is 4.74 Å². The van der Waals surface area contributed by atoms with Gasteiger partial charge in [-0.1, -0.05) is 6.92 Å². The van der Waals surface area contributed by atoms with Crippen molar-refractivity contribution in [2.75, 3.05) is 6.61 Å². The smallest absolute Gasteiger partial charge is 0.0624 e. The zero-order chi connectivity index (χ0) is 13.0. The normalized spacial score (nSPS) is 22.1. The maximum atomic E-state index is 10.1. The first-order valence-corrected chi connectivity index (χ1v) is 7.00. The highest BCUT2D eigenvalue weighted by Gasteiger charge is 2.19. The van der Waals surface area contributed by atoms with E-state index in [1.165, 1.54) is 6.42 Å². The van der Waals surface area contributed by atoms with Crippen LogP contribution in [0.5, 0.6) is 0 Å². The van der Waals surface area contributed by atoms with Crippen LogP contribution in [0.1, 0.15) is 44.0 Å². The van der Waals surface area contributed by atoms with Crippen LogP contribution in [0.25, 0.3) is 0 Å². The molecular formula is C14H24N2O2. The van der Waals surface area contributed by atoms with E-state index >= 15 is 0 Å². The zero-order valence-electron chi connectivity index (χ0n) is 11.4. The van der Waals surface area contributed by atoms with Gasteiger partial charge < -0.3 is 9.84 Å². The lowest BCUT2D eigenvalue weighted by Gasteiger charge is -2.24. The lowest BCUT2D eigenvalue weighted by atomic mass is 10.0. The van der Waals surface area contributed by atoms with Gasteiger partial charge in [0, 0.05) is 25.8 Å². The van der Waals surface area contributed by atoms with Crippen molar-refractivity contribution < 1.29 is 9.84 Å². The molecule has 1 aliphatic rings. The maximum absolute atomic E-state index is 10.1. The Morgan fingerprint density at radius 3 is 3.00 bits per heavy atom. The first kappa shape index (κ1) is 13.6. The third-order valence-corrected chi connectivity index (χ3v) is 3.64. The van der Waals surface area contributed by atoms with Crippen LogP contribution in [0.4, 0.5) is 0 Å². The first-order chi connectivity index (χ1) is 8.69. The Bertz CT molecular complexity index is 370. The second-order valence-electron chi connectivity index (χ2n) is 5.19. The summed E-state index contributed by atoms with van der Waals surface area (Å²) in [5, 5.41) is 14.5. The summed E-state index contributed by atoms with van der Waals surface area (Å²) in [4.78, 5) is 0. The Morgan fingerprint density at radius 1 is 1.56 bits per heavy atom. The molecule has 1 aliphatic heterocycles. The molecular weight excluding hydrogens is 228 g/mol. The van der Waals surface area contributed by atoms with Crippen LogP contribution in [0.3, 0.4) is 0 Å². The zero-order valence-corrected chi connectivity index (χ0v) is 11.4. The fourth-order valence-corrected chi connectivity index (χ4v) is 2.56. The van der Waals surface area contributed by atoms with Crippen molar-refractivity contribution in [2.24, 2.45) is 7.05 Å². The average Bonchev–Trinajstić information content (AvgIpc) is 2.71. The summed E-state index contributed by atoms with van der Waals surface area (Å²) in [7, 11) is 1.94. The second kappa shape index (κ2) is 6.34. The molecule has 18 heavy (non-hydrogen) atoms. The van der Waals surface area contributed by atoms with Crippen LogP contribution in [0.2, 0.25) is 0 Å². The number of aliphatic hydroxyl groups excluding tert-OH is 1. The minimum absolute atomic E-state index is 0.243. The molecule has 0 spiro atoms. The van der Waals surface area contributed by atoms with Gasteiger partial charge in [-0.05, 0) is 38.2 Å². The lowest BCUT2D eigenvalue weighted by molar-refractivity contribution is -0.0150. The number of aryl methyl sites for hydroxylation is 2. The van der Waals surface area contributed by atoms with Gasteiger partial charge in [0.05, 0.1) is 17.9 Å². The Morgan fingerprint density at radius 2 is 2.39 bits per heavy atom. The summed E-state index contributed by atoms with van der Waals surface area (Å²) in [5.74, 6) is 0. The summed E-state index contributed by atoms with van der Waals surface area (Å²) in [6, 6.07) is 2.09. The molecule has 1 aromatic rings. The highest BCUT2D eigenvalue weighted by molar-refractivity contribution is 5.11. The molecule has 0 aliphatic carbocycles. The third kappa shape index (κ3) is 3.56. The van der Waals surface area contributed by atoms with Crippen molar-refractivity contribution in [1.29, 1.82) is 0 Å². The van der Waals surface area contributed by atoms with E-state index < -0.39 is 0 Å². The number of aromatic nitrogens is 2. The molecule has 4 heteroatoms. The van der Waals surface area contributed by atoms with E-state index in [1.807, 2.05) is 11.7 Å². The van der Waals surface area contributed by atoms with E-state index in [0.29, 0.717) is 6.42 Å². The highest BCUT2D eigenvalue weighted by atomic mass is 16.5. The molecule has 0 aromatic carbocycles. The quantitative estimate of drug-likeness (QED) is 0.870. The SMILES string of the molecule is CCc1cc(CC(O)CC2CCCCO2)n(C)n1. The van der Waals surface area contributed by atoms with Gasteiger partial charge in [0.1, 0.15) is 0 Å². The van der Waals surface area contributed by atoms with Crippen molar-refractivity contribution in [1.82, 2.24) is 9.78 Å². The number of hydrogen-bond donors (Lipinski definition) is 1. The largest absolute Gasteiger partial charge is 0.393 e. The third-order valence-electron chi connectivity index (χ3n) is 3.64. The van der Waals surface area contributed by atoms with E-state index in [2.05, 4.69) is 18.1 Å². The van der Waals surface area contributed by atoms with E-state index in [0.717, 1.165) is 43.7 Å². The predicted molar refractivity (Wildman–Crippen MR) is 70.5 cm³/mol. The second-order valence-corrected chi connectivity index (χ2v) is 5.19. The molecule has 0 bridgehead atoms. The molecule has 1 aromatic heterocycles. The molecule has 1 N–H and O–H groups in total. The van der Waals surface area contributed by atoms with E-state index in [-0.39, 0.29) is 12.2 Å². The molecule has 1 saturated heterocycles. The molecule has 2 heterocycles. The topological polar surface area (TPSA) is 47.3 Å². The minimum atomic E-state index is -0.326. The number of hydrogen-bond acceptors (Lipinski definition) is 3. The Labute approximate surface area is 109 Å². The van der Waals surface area contributed by atoms with Gasteiger partial charge in [-0.25, -0.2) is 0 Å². The van der Waals surface area contributed by atoms with Gasteiger partial charge in [-0.2, -0.15) is 5.10 Å². The Balaban J connectivity index is 1.85. The minimum Gasteiger partial charge on any atom is -0.393 e. The van der Waals surface area contributed by atoms with Crippen LogP contribution < -0.4 is 0 Å². The summed E-state index contributed by atoms with van der Waals surface area (Å²) in [6.45, 7) is 2.95. The van der Waals surface area contributed by atoms with E-state index in [1.54, 1.807) is 0 Å². The monoisotopic (exact) mass is 252 g/mol. The van der Waals surface area contributed by atoms with Crippen LogP contribution in [0, 0.1) is 0 Å². The molecule has 102 valence electrons. The summed E-state index contributed by atoms with van der Waals surface area (Å²) in [6.07, 6.45) is 5.74. The summed E-state index contributed by atoms with van der Waals surface area (Å²) >= 11 is 0.